The van der Waals surface area contributed by atoms with Crippen LogP contribution < -0.4 is 5.73 Å². The van der Waals surface area contributed by atoms with Crippen LogP contribution in [-0.4, -0.2) is 13.7 Å². The number of sulfone groups is 1. The summed E-state index contributed by atoms with van der Waals surface area (Å²) < 4.78 is 24.1. The van der Waals surface area contributed by atoms with E-state index < -0.39 is 9.84 Å². The van der Waals surface area contributed by atoms with Crippen LogP contribution in [-0.2, 0) is 9.84 Å². The highest BCUT2D eigenvalue weighted by atomic mass is 32.2. The van der Waals surface area contributed by atoms with E-state index >= 15 is 0 Å². The lowest BCUT2D eigenvalue weighted by atomic mass is 10.2. The number of para-hydroxylation sites is 1. The van der Waals surface area contributed by atoms with E-state index in [0.29, 0.717) is 12.1 Å². The highest BCUT2D eigenvalue weighted by Gasteiger charge is 2.24. The number of benzene rings is 1. The molecular weight excluding hydrogens is 210 g/mol. The molecule has 1 unspecified atom stereocenters. The van der Waals surface area contributed by atoms with Gasteiger partial charge >= 0.3 is 0 Å². The molecule has 0 radical (unpaired) electrons. The van der Waals surface area contributed by atoms with Gasteiger partial charge in [0.25, 0.3) is 0 Å². The molecule has 1 rings (SSSR count). The lowest BCUT2D eigenvalue weighted by Gasteiger charge is -2.13. The zero-order valence-corrected chi connectivity index (χ0v) is 10.1. The molecule has 0 aliphatic heterocycles. The Morgan fingerprint density at radius 2 is 2.00 bits per heavy atom. The van der Waals surface area contributed by atoms with Crippen molar-refractivity contribution in [3.05, 3.63) is 23.8 Å². The summed E-state index contributed by atoms with van der Waals surface area (Å²) in [6, 6.07) is 5.11. The molecule has 0 amide bonds. The fourth-order valence-electron chi connectivity index (χ4n) is 1.34. The first-order valence-corrected chi connectivity index (χ1v) is 6.54. The van der Waals surface area contributed by atoms with Crippen molar-refractivity contribution >= 4 is 15.5 Å². The Bertz CT molecular complexity index is 452. The van der Waals surface area contributed by atoms with Crippen molar-refractivity contribution < 1.29 is 8.42 Å². The molecule has 84 valence electrons. The van der Waals surface area contributed by atoms with Crippen LogP contribution in [0.25, 0.3) is 0 Å². The molecule has 0 fully saturated rings. The molecule has 3 nitrogen and oxygen atoms in total. The Balaban J connectivity index is 3.34. The monoisotopic (exact) mass is 227 g/mol. The van der Waals surface area contributed by atoms with Crippen LogP contribution in [0, 0.1) is 6.92 Å². The summed E-state index contributed by atoms with van der Waals surface area (Å²) in [7, 11) is -3.27. The first kappa shape index (κ1) is 12.0. The molecule has 4 heteroatoms. The largest absolute Gasteiger partial charge is 0.397 e. The van der Waals surface area contributed by atoms with E-state index in [1.807, 2.05) is 19.9 Å². The Hall–Kier alpha value is -1.03. The molecule has 1 aromatic carbocycles. The van der Waals surface area contributed by atoms with Crippen molar-refractivity contribution in [3.8, 4) is 0 Å². The van der Waals surface area contributed by atoms with Gasteiger partial charge in [-0.25, -0.2) is 8.42 Å². The molecule has 0 aliphatic carbocycles. The second-order valence-electron chi connectivity index (χ2n) is 3.75. The third kappa shape index (κ3) is 2.15. The van der Waals surface area contributed by atoms with Gasteiger partial charge in [0, 0.05) is 0 Å². The number of aryl methyl sites for hydroxylation is 1. The summed E-state index contributed by atoms with van der Waals surface area (Å²) in [6.45, 7) is 5.37. The van der Waals surface area contributed by atoms with Gasteiger partial charge in [0.15, 0.2) is 9.84 Å². The number of hydrogen-bond donors (Lipinski definition) is 1. The molecule has 0 bridgehead atoms. The highest BCUT2D eigenvalue weighted by Crippen LogP contribution is 2.26. The predicted molar refractivity (Wildman–Crippen MR) is 62.5 cm³/mol. The number of anilines is 1. The summed E-state index contributed by atoms with van der Waals surface area (Å²) >= 11 is 0. The first-order chi connectivity index (χ1) is 6.91. The summed E-state index contributed by atoms with van der Waals surface area (Å²) in [4.78, 5) is 0.261. The standard InChI is InChI=1S/C11H17NO2S/c1-4-9(3)15(13,14)10-7-5-6-8(2)11(10)12/h5-7,9H,4,12H2,1-3H3. The minimum Gasteiger partial charge on any atom is -0.397 e. The quantitative estimate of drug-likeness (QED) is 0.805. The summed E-state index contributed by atoms with van der Waals surface area (Å²) in [5.41, 5.74) is 6.96. The normalized spacial score (nSPS) is 13.8. The molecule has 0 heterocycles. The predicted octanol–water partition coefficient (Wildman–Crippen LogP) is 2.15. The molecule has 0 saturated heterocycles. The molecule has 0 spiro atoms. The van der Waals surface area contributed by atoms with E-state index in [1.165, 1.54) is 0 Å². The van der Waals surface area contributed by atoms with Crippen LogP contribution in [0.3, 0.4) is 0 Å². The fraction of sp³-hybridized carbons (Fsp3) is 0.455. The second-order valence-corrected chi connectivity index (χ2v) is 6.09. The van der Waals surface area contributed by atoms with Crippen LogP contribution >= 0.6 is 0 Å². The molecule has 2 N–H and O–H groups in total. The van der Waals surface area contributed by atoms with Gasteiger partial charge < -0.3 is 5.73 Å². The second kappa shape index (κ2) is 4.23. The molecule has 15 heavy (non-hydrogen) atoms. The van der Waals surface area contributed by atoms with E-state index in [9.17, 15) is 8.42 Å². The number of rotatable bonds is 3. The van der Waals surface area contributed by atoms with E-state index in [4.69, 9.17) is 5.73 Å². The van der Waals surface area contributed by atoms with E-state index in [1.54, 1.807) is 19.1 Å². The third-order valence-corrected chi connectivity index (χ3v) is 5.06. The average molecular weight is 227 g/mol. The van der Waals surface area contributed by atoms with Crippen molar-refractivity contribution in [3.63, 3.8) is 0 Å². The Morgan fingerprint density at radius 3 is 2.53 bits per heavy atom. The molecule has 0 saturated carbocycles. The van der Waals surface area contributed by atoms with Crippen molar-refractivity contribution in [2.24, 2.45) is 0 Å². The van der Waals surface area contributed by atoms with E-state index in [-0.39, 0.29) is 10.1 Å². The van der Waals surface area contributed by atoms with Crippen molar-refractivity contribution in [1.82, 2.24) is 0 Å². The number of nitrogens with two attached hydrogens (primary N) is 1. The van der Waals surface area contributed by atoms with E-state index in [0.717, 1.165) is 5.56 Å². The maximum atomic E-state index is 12.1. The van der Waals surface area contributed by atoms with Gasteiger partial charge in [0.2, 0.25) is 0 Å². The zero-order chi connectivity index (χ0) is 11.6. The van der Waals surface area contributed by atoms with Gasteiger partial charge in [-0.1, -0.05) is 19.1 Å². The maximum Gasteiger partial charge on any atom is 0.182 e. The van der Waals surface area contributed by atoms with Gasteiger partial charge in [0.05, 0.1) is 15.8 Å². The van der Waals surface area contributed by atoms with Gasteiger partial charge in [-0.15, -0.1) is 0 Å². The van der Waals surface area contributed by atoms with Crippen molar-refractivity contribution in [2.75, 3.05) is 5.73 Å². The van der Waals surface area contributed by atoms with Crippen LogP contribution in [0.5, 0.6) is 0 Å². The molecule has 1 atom stereocenters. The number of nitrogen functional groups attached to an aromatic ring is 1. The van der Waals surface area contributed by atoms with Crippen molar-refractivity contribution in [2.45, 2.75) is 37.3 Å². The Kier molecular flexibility index (Phi) is 3.39. The third-order valence-electron chi connectivity index (χ3n) is 2.70. The Labute approximate surface area is 91.2 Å². The maximum absolute atomic E-state index is 12.1. The minimum absolute atomic E-state index is 0.261. The fourth-order valence-corrected chi connectivity index (χ4v) is 2.95. The van der Waals surface area contributed by atoms with Gasteiger partial charge in [0.1, 0.15) is 0 Å². The van der Waals surface area contributed by atoms with Gasteiger partial charge in [-0.05, 0) is 31.9 Å². The lowest BCUT2D eigenvalue weighted by molar-refractivity contribution is 0.581. The van der Waals surface area contributed by atoms with Crippen LogP contribution in [0.4, 0.5) is 5.69 Å². The minimum atomic E-state index is -3.27. The van der Waals surface area contributed by atoms with E-state index in [2.05, 4.69) is 0 Å². The Morgan fingerprint density at radius 1 is 1.40 bits per heavy atom. The van der Waals surface area contributed by atoms with Crippen molar-refractivity contribution in [1.29, 1.82) is 0 Å². The van der Waals surface area contributed by atoms with Gasteiger partial charge in [-0.3, -0.25) is 0 Å². The topological polar surface area (TPSA) is 60.2 Å². The highest BCUT2D eigenvalue weighted by molar-refractivity contribution is 7.92. The number of hydrogen-bond acceptors (Lipinski definition) is 3. The van der Waals surface area contributed by atoms with Crippen LogP contribution in [0.15, 0.2) is 23.1 Å². The average Bonchev–Trinajstić information content (AvgIpc) is 2.20. The summed E-state index contributed by atoms with van der Waals surface area (Å²) in [6.07, 6.45) is 0.593. The summed E-state index contributed by atoms with van der Waals surface area (Å²) in [5.74, 6) is 0. The molecule has 0 aliphatic rings. The molecule has 0 aromatic heterocycles. The van der Waals surface area contributed by atoms with Crippen LogP contribution in [0.2, 0.25) is 0 Å². The first-order valence-electron chi connectivity index (χ1n) is 5.00. The molecule has 1 aromatic rings. The SMILES string of the molecule is CCC(C)S(=O)(=O)c1cccc(C)c1N. The lowest BCUT2D eigenvalue weighted by Crippen LogP contribution is -2.18. The van der Waals surface area contributed by atoms with Crippen LogP contribution in [0.1, 0.15) is 25.8 Å². The zero-order valence-electron chi connectivity index (χ0n) is 9.32. The van der Waals surface area contributed by atoms with Gasteiger partial charge in [-0.2, -0.15) is 0 Å². The summed E-state index contributed by atoms with van der Waals surface area (Å²) in [5, 5.41) is -0.387. The smallest absolute Gasteiger partial charge is 0.182 e. The molecular formula is C11H17NO2S.